The number of allylic oxidation sites excluding steroid dienone is 26. The van der Waals surface area contributed by atoms with Gasteiger partial charge in [0.05, 0.1) is 26.4 Å². The molecule has 0 heterocycles. The minimum atomic E-state index is -4.95. The lowest BCUT2D eigenvalue weighted by atomic mass is 10.0. The predicted octanol–water partition coefficient (Wildman–Crippen LogP) is 21.1. The van der Waals surface area contributed by atoms with Crippen LogP contribution < -0.4 is 0 Å². The topological polar surface area (TPSA) is 231 Å². The molecule has 0 rings (SSSR count). The summed E-state index contributed by atoms with van der Waals surface area (Å²) in [5.74, 6) is -1.70. The zero-order valence-electron chi connectivity index (χ0n) is 59.9. The van der Waals surface area contributed by atoms with Crippen LogP contribution in [0.5, 0.6) is 0 Å². The van der Waals surface area contributed by atoms with E-state index in [9.17, 15) is 43.5 Å². The fraction of sp³-hybridized carbons (Fsp3) is 0.633. The summed E-state index contributed by atoms with van der Waals surface area (Å²) in [6, 6.07) is 0. The third-order valence-electron chi connectivity index (χ3n) is 14.7. The summed E-state index contributed by atoms with van der Waals surface area (Å²) in [5, 5.41) is 20.6. The van der Waals surface area contributed by atoms with Gasteiger partial charge >= 0.3 is 33.6 Å². The first kappa shape index (κ1) is 92.2. The van der Waals surface area contributed by atoms with Crippen molar-refractivity contribution in [3.63, 3.8) is 0 Å². The second kappa shape index (κ2) is 71.0. The van der Waals surface area contributed by atoms with Crippen LogP contribution in [0, 0.1) is 0 Å². The monoisotopic (exact) mass is 1400 g/mol. The van der Waals surface area contributed by atoms with Crippen LogP contribution in [-0.2, 0) is 55.8 Å². The highest BCUT2D eigenvalue weighted by Crippen LogP contribution is 2.45. The molecule has 4 N–H and O–H groups in total. The van der Waals surface area contributed by atoms with E-state index in [1.807, 2.05) is 18.2 Å². The number of esters is 3. The van der Waals surface area contributed by atoms with Crippen molar-refractivity contribution in [1.82, 2.24) is 0 Å². The van der Waals surface area contributed by atoms with E-state index in [1.165, 1.54) is 57.8 Å². The van der Waals surface area contributed by atoms with Crippen molar-refractivity contribution >= 4 is 33.6 Å². The molecule has 5 atom stereocenters. The van der Waals surface area contributed by atoms with Crippen molar-refractivity contribution in [2.45, 2.75) is 283 Å². The van der Waals surface area contributed by atoms with E-state index in [2.05, 4.69) is 161 Å². The Hall–Kier alpha value is -4.83. The summed E-state index contributed by atoms with van der Waals surface area (Å²) in [6.45, 7) is 2.25. The Morgan fingerprint density at radius 2 is 0.567 bits per heavy atom. The van der Waals surface area contributed by atoms with Crippen molar-refractivity contribution in [1.29, 1.82) is 0 Å². The van der Waals surface area contributed by atoms with E-state index in [0.717, 1.165) is 141 Å². The van der Waals surface area contributed by atoms with Crippen molar-refractivity contribution in [2.75, 3.05) is 39.6 Å². The number of hydrogen-bond acceptors (Lipinski definition) is 14. The highest BCUT2D eigenvalue weighted by atomic mass is 31.2. The van der Waals surface area contributed by atoms with Crippen molar-refractivity contribution in [2.24, 2.45) is 0 Å². The number of aliphatic hydroxyl groups is 2. The number of carbonyl (C=O) groups excluding carboxylic acids is 3. The molecule has 0 spiro atoms. The first-order valence-electron chi connectivity index (χ1n) is 36.8. The molecule has 0 aliphatic rings. The van der Waals surface area contributed by atoms with Gasteiger partial charge in [-0.15, -0.1) is 0 Å². The molecule has 0 aromatic carbocycles. The minimum Gasteiger partial charge on any atom is -0.463 e. The summed E-state index contributed by atoms with van der Waals surface area (Å²) in [7, 11) is -9.81. The van der Waals surface area contributed by atoms with Gasteiger partial charge in [-0.3, -0.25) is 32.5 Å². The maximum Gasteiger partial charge on any atom is 0.472 e. The highest BCUT2D eigenvalue weighted by molar-refractivity contribution is 7.47. The molecule has 0 aliphatic heterocycles. The number of rotatable bonds is 68. The Morgan fingerprint density at radius 1 is 0.299 bits per heavy atom. The summed E-state index contributed by atoms with van der Waals surface area (Å²) in [5.41, 5.74) is 0. The van der Waals surface area contributed by atoms with Crippen LogP contribution in [0.15, 0.2) is 158 Å². The number of phosphoric ester groups is 2. The number of aliphatic hydroxyl groups excluding tert-OH is 2. The average molecular weight is 1400 g/mol. The Kier molecular flexibility index (Phi) is 67.5. The second-order valence-electron chi connectivity index (χ2n) is 24.0. The van der Waals surface area contributed by atoms with Crippen molar-refractivity contribution < 1.29 is 75.8 Å². The molecule has 16 nitrogen and oxygen atoms in total. The van der Waals surface area contributed by atoms with Crippen LogP contribution in [0.1, 0.15) is 265 Å². The maximum atomic E-state index is 12.9. The van der Waals surface area contributed by atoms with Gasteiger partial charge in [0.25, 0.3) is 0 Å². The highest BCUT2D eigenvalue weighted by Gasteiger charge is 2.29. The van der Waals surface area contributed by atoms with E-state index >= 15 is 0 Å². The molecule has 0 radical (unpaired) electrons. The second-order valence-corrected chi connectivity index (χ2v) is 26.9. The van der Waals surface area contributed by atoms with Gasteiger partial charge < -0.3 is 34.2 Å². The average Bonchev–Trinajstić information content (AvgIpc) is 2.57. The largest absolute Gasteiger partial charge is 0.472 e. The van der Waals surface area contributed by atoms with Gasteiger partial charge in [-0.1, -0.05) is 275 Å². The number of phosphoric acid groups is 2. The van der Waals surface area contributed by atoms with Crippen LogP contribution in [0.2, 0.25) is 0 Å². The van der Waals surface area contributed by atoms with Gasteiger partial charge in [-0.05, 0) is 128 Å². The first-order chi connectivity index (χ1) is 47.2. The number of carbonyl (C=O) groups is 3. The number of unbranched alkanes of at least 4 members (excludes halogenated alkanes) is 19. The van der Waals surface area contributed by atoms with E-state index in [1.54, 1.807) is 0 Å². The molecule has 0 saturated heterocycles. The molecule has 0 bridgehead atoms. The number of hydrogen-bond donors (Lipinski definition) is 4. The third-order valence-corrected chi connectivity index (χ3v) is 16.6. The summed E-state index contributed by atoms with van der Waals surface area (Å²) >= 11 is 0. The Labute approximate surface area is 587 Å². The van der Waals surface area contributed by atoms with E-state index in [-0.39, 0.29) is 19.3 Å². The van der Waals surface area contributed by atoms with Gasteiger partial charge in [0.1, 0.15) is 25.4 Å². The molecular formula is C79H130O16P2. The third kappa shape index (κ3) is 72.2. The zero-order valence-corrected chi connectivity index (χ0v) is 61.7. The van der Waals surface area contributed by atoms with Crippen LogP contribution >= 0.6 is 15.6 Å². The molecule has 5 unspecified atom stereocenters. The summed E-state index contributed by atoms with van der Waals surface area (Å²) < 4.78 is 60.9. The van der Waals surface area contributed by atoms with Crippen molar-refractivity contribution in [3.05, 3.63) is 158 Å². The van der Waals surface area contributed by atoms with E-state index < -0.39 is 91.5 Å². The molecule has 97 heavy (non-hydrogen) atoms. The molecule has 0 saturated carbocycles. The van der Waals surface area contributed by atoms with Crippen molar-refractivity contribution in [3.8, 4) is 0 Å². The fourth-order valence-corrected chi connectivity index (χ4v) is 10.8. The maximum absolute atomic E-state index is 12.9. The predicted molar refractivity (Wildman–Crippen MR) is 399 cm³/mol. The lowest BCUT2D eigenvalue weighted by molar-refractivity contribution is -0.161. The van der Waals surface area contributed by atoms with E-state index in [4.69, 9.17) is 32.3 Å². The molecule has 552 valence electrons. The quantitative estimate of drug-likeness (QED) is 0.0146. The smallest absolute Gasteiger partial charge is 0.463 e. The lowest BCUT2D eigenvalue weighted by Crippen LogP contribution is -2.30. The van der Waals surface area contributed by atoms with Gasteiger partial charge in [-0.25, -0.2) is 9.13 Å². The zero-order chi connectivity index (χ0) is 70.9. The van der Waals surface area contributed by atoms with Crippen LogP contribution in [0.25, 0.3) is 0 Å². The molecule has 0 fully saturated rings. The fourth-order valence-electron chi connectivity index (χ4n) is 9.19. The molecular weight excluding hydrogens is 1270 g/mol. The molecule has 0 aliphatic carbocycles. The SMILES string of the molecule is CC/C=C\C/C=C\C/C=C\C/C=C\C/C=C\C/C=C\CCC(=O)OCC(COP(=O)(O)OCC(O)COP(=O)(O)OCC(O)COC(=O)CCCCCCCCCCCCCCC/C=C\C/C=C\C/C=C\C/C=C\C/C=C\CC)OC(=O)CCCCCCC/C=C\C/C=C\CCC. The van der Waals surface area contributed by atoms with Crippen LogP contribution in [0.3, 0.4) is 0 Å². The summed E-state index contributed by atoms with van der Waals surface area (Å²) in [6.07, 6.45) is 87.5. The van der Waals surface area contributed by atoms with E-state index in [0.29, 0.717) is 25.7 Å². The number of ether oxygens (including phenoxy) is 3. The van der Waals surface area contributed by atoms with Gasteiger partial charge in [0, 0.05) is 19.3 Å². The summed E-state index contributed by atoms with van der Waals surface area (Å²) in [4.78, 5) is 58.4. The standard InChI is InChI=1S/C79H130O16P2/c1-4-7-10-13-16-19-22-25-27-29-31-32-33-34-35-36-37-38-39-40-42-44-45-48-50-53-56-59-62-65-77(82)89-68-74(80)69-91-96(85,86)92-70-75(81)71-93-97(87,88)94-73-76(95-79(84)67-64-61-58-55-52-47-24-21-18-15-12-9-6-3)72-90-78(83)66-63-60-57-54-51-49-46-43-41-30-28-26-23-20-17-14-11-8-5-2/h7-8,10-12,15-17,19-21,24-28,31-32,34-35,41,43,49,51,57,60,74-76,80-81H,4-6,9,13-14,18,22-23,29-30,33,36-40,42,44-48,50,52-56,58-59,61-73H2,1-3H3,(H,85,86)(H,87,88)/b10-7-,11-8-,15-12-,19-16-,20-17-,24-21-,27-25-,28-26-,32-31-,35-34-,43-41-,51-49-,60-57-. The van der Waals surface area contributed by atoms with Gasteiger partial charge in [-0.2, -0.15) is 0 Å². The molecule has 0 amide bonds. The normalized spacial score (nSPS) is 15.0. The van der Waals surface area contributed by atoms with Crippen LogP contribution in [0.4, 0.5) is 0 Å². The molecule has 18 heteroatoms. The molecule has 0 aromatic rings. The minimum absolute atomic E-state index is 0.0375. The van der Waals surface area contributed by atoms with Crippen LogP contribution in [-0.4, -0.2) is 95.9 Å². The Morgan fingerprint density at radius 3 is 0.928 bits per heavy atom. The van der Waals surface area contributed by atoms with Gasteiger partial charge in [0.15, 0.2) is 6.10 Å². The lowest BCUT2D eigenvalue weighted by Gasteiger charge is -2.21. The Bertz CT molecular complexity index is 2400. The molecule has 0 aromatic heterocycles. The van der Waals surface area contributed by atoms with Gasteiger partial charge in [0.2, 0.25) is 0 Å². The first-order valence-corrected chi connectivity index (χ1v) is 39.8. The Balaban J connectivity index is 4.55.